The summed E-state index contributed by atoms with van der Waals surface area (Å²) in [5, 5.41) is 11.0. The molecule has 0 radical (unpaired) electrons. The Hall–Kier alpha value is -1.39. The van der Waals surface area contributed by atoms with E-state index in [4.69, 9.17) is 5.73 Å². The van der Waals surface area contributed by atoms with Gasteiger partial charge in [0, 0.05) is 0 Å². The van der Waals surface area contributed by atoms with Gasteiger partial charge in [-0.2, -0.15) is 0 Å². The molecule has 2 aliphatic rings. The van der Waals surface area contributed by atoms with Crippen LogP contribution in [0.25, 0.3) is 0 Å². The number of allylic oxidation sites excluding steroid dienone is 1. The fourth-order valence-corrected chi connectivity index (χ4v) is 3.56. The van der Waals surface area contributed by atoms with Gasteiger partial charge in [-0.3, -0.25) is 15.1 Å². The van der Waals surface area contributed by atoms with Gasteiger partial charge in [-0.05, 0) is 36.2 Å². The summed E-state index contributed by atoms with van der Waals surface area (Å²) in [5.74, 6) is 0.0818. The molecule has 1 aliphatic heterocycles. The lowest BCUT2D eigenvalue weighted by molar-refractivity contribution is -0.415. The van der Waals surface area contributed by atoms with Crippen molar-refractivity contribution in [2.45, 2.75) is 52.5 Å². The normalized spacial score (nSPS) is 35.8. The fraction of sp³-hybridized carbons (Fsp3) is 0.769. The highest BCUT2D eigenvalue weighted by atomic mass is 16.6. The van der Waals surface area contributed by atoms with Crippen molar-refractivity contribution in [3.05, 3.63) is 21.9 Å². The lowest BCUT2D eigenvalue weighted by Crippen LogP contribution is -2.61. The van der Waals surface area contributed by atoms with Gasteiger partial charge in [-0.25, -0.2) is 0 Å². The molecule has 2 N–H and O–H groups in total. The number of aliphatic imine (C=N–C) groups is 1. The Morgan fingerprint density at radius 1 is 1.44 bits per heavy atom. The van der Waals surface area contributed by atoms with E-state index in [0.29, 0.717) is 6.42 Å². The summed E-state index contributed by atoms with van der Waals surface area (Å²) in [4.78, 5) is 15.2. The quantitative estimate of drug-likeness (QED) is 0.574. The number of nitro groups is 1. The number of nitrogens with zero attached hydrogens (tertiary/aromatic N) is 2. The Labute approximate surface area is 107 Å². The van der Waals surface area contributed by atoms with E-state index in [1.807, 2.05) is 0 Å². The van der Waals surface area contributed by atoms with Crippen LogP contribution in [0.1, 0.15) is 47.0 Å². The molecule has 5 nitrogen and oxygen atoms in total. The van der Waals surface area contributed by atoms with Crippen molar-refractivity contribution in [3.63, 3.8) is 0 Å². The fourth-order valence-electron chi connectivity index (χ4n) is 3.56. The molecule has 0 aromatic rings. The Balaban J connectivity index is 2.54. The maximum atomic E-state index is 11.0. The van der Waals surface area contributed by atoms with Crippen molar-refractivity contribution in [2.24, 2.45) is 21.6 Å². The second-order valence-corrected chi connectivity index (χ2v) is 6.72. The lowest BCUT2D eigenvalue weighted by atomic mass is 9.46. The predicted octanol–water partition coefficient (Wildman–Crippen LogP) is 2.49. The van der Waals surface area contributed by atoms with Crippen molar-refractivity contribution in [1.82, 2.24) is 0 Å². The van der Waals surface area contributed by atoms with Crippen LogP contribution >= 0.6 is 0 Å². The summed E-state index contributed by atoms with van der Waals surface area (Å²) in [7, 11) is 0. The first-order chi connectivity index (χ1) is 8.13. The van der Waals surface area contributed by atoms with Crippen molar-refractivity contribution in [1.29, 1.82) is 0 Å². The van der Waals surface area contributed by atoms with Gasteiger partial charge in [0.1, 0.15) is 0 Å². The number of hydrogen-bond acceptors (Lipinski definition) is 4. The summed E-state index contributed by atoms with van der Waals surface area (Å²) in [6, 6.07) is 0. The van der Waals surface area contributed by atoms with Gasteiger partial charge in [0.05, 0.1) is 10.5 Å². The highest BCUT2D eigenvalue weighted by molar-refractivity contribution is 5.95. The highest BCUT2D eigenvalue weighted by Crippen LogP contribution is 2.63. The summed E-state index contributed by atoms with van der Waals surface area (Å²) < 4.78 is 0. The van der Waals surface area contributed by atoms with Gasteiger partial charge in [0.2, 0.25) is 0 Å². The third-order valence-electron chi connectivity index (χ3n) is 4.79. The first kappa shape index (κ1) is 13.1. The van der Waals surface area contributed by atoms with Crippen LogP contribution in [-0.4, -0.2) is 16.3 Å². The molecule has 0 amide bonds. The Bertz CT molecular complexity index is 461. The van der Waals surface area contributed by atoms with E-state index in [1.54, 1.807) is 6.08 Å². The molecule has 1 aliphatic carbocycles. The van der Waals surface area contributed by atoms with E-state index < -0.39 is 4.92 Å². The number of amidine groups is 1. The summed E-state index contributed by atoms with van der Waals surface area (Å²) in [5.41, 5.74) is 5.46. The number of rotatable bonds is 1. The average Bonchev–Trinajstić information content (AvgIpc) is 2.27. The van der Waals surface area contributed by atoms with Crippen LogP contribution in [0.3, 0.4) is 0 Å². The van der Waals surface area contributed by atoms with E-state index in [9.17, 15) is 10.1 Å². The van der Waals surface area contributed by atoms with E-state index >= 15 is 0 Å². The smallest absolute Gasteiger partial charge is 0.306 e. The molecule has 1 fully saturated rings. The zero-order valence-electron chi connectivity index (χ0n) is 11.5. The second kappa shape index (κ2) is 3.56. The molecule has 1 heterocycles. The molecular weight excluding hydrogens is 230 g/mol. The molecule has 2 unspecified atom stereocenters. The van der Waals surface area contributed by atoms with Crippen LogP contribution in [0.5, 0.6) is 0 Å². The average molecular weight is 251 g/mol. The van der Waals surface area contributed by atoms with Crippen molar-refractivity contribution in [2.75, 3.05) is 0 Å². The highest BCUT2D eigenvalue weighted by Gasteiger charge is 2.62. The maximum absolute atomic E-state index is 11.0. The maximum Gasteiger partial charge on any atom is 0.306 e. The standard InChI is InChI=1S/C13H21N3O2/c1-11(2,3)13-8-7-12(13,4)6-5-9(16(17)18)10(14)15-13/h5H,6-8H2,1-4H3,(H2,14,15). The molecule has 5 heteroatoms. The molecule has 0 bridgehead atoms. The molecule has 0 aromatic heterocycles. The minimum Gasteiger partial charge on any atom is -0.378 e. The monoisotopic (exact) mass is 251 g/mol. The molecule has 1 saturated carbocycles. The van der Waals surface area contributed by atoms with E-state index in [1.165, 1.54) is 0 Å². The molecule has 0 spiro atoms. The van der Waals surface area contributed by atoms with E-state index in [-0.39, 0.29) is 27.9 Å². The Morgan fingerprint density at radius 3 is 2.44 bits per heavy atom. The third-order valence-corrected chi connectivity index (χ3v) is 4.79. The van der Waals surface area contributed by atoms with Crippen LogP contribution in [-0.2, 0) is 0 Å². The van der Waals surface area contributed by atoms with Crippen LogP contribution < -0.4 is 5.73 Å². The third kappa shape index (κ3) is 1.49. The van der Waals surface area contributed by atoms with Crippen LogP contribution in [0.15, 0.2) is 16.8 Å². The Kier molecular flexibility index (Phi) is 2.58. The Morgan fingerprint density at radius 2 is 2.06 bits per heavy atom. The van der Waals surface area contributed by atoms with Crippen molar-refractivity contribution >= 4 is 5.84 Å². The first-order valence-corrected chi connectivity index (χ1v) is 6.33. The summed E-state index contributed by atoms with van der Waals surface area (Å²) >= 11 is 0. The zero-order chi connectivity index (χ0) is 13.8. The van der Waals surface area contributed by atoms with Gasteiger partial charge in [-0.15, -0.1) is 0 Å². The van der Waals surface area contributed by atoms with E-state index in [0.717, 1.165) is 12.8 Å². The lowest BCUT2D eigenvalue weighted by Gasteiger charge is -2.61. The SMILES string of the molecule is CC(C)(C)C12CCC1(C)CC=C([N+](=O)[O-])C(N)=N2. The van der Waals surface area contributed by atoms with Crippen LogP contribution in [0.4, 0.5) is 0 Å². The largest absolute Gasteiger partial charge is 0.378 e. The predicted molar refractivity (Wildman–Crippen MR) is 70.8 cm³/mol. The van der Waals surface area contributed by atoms with E-state index in [2.05, 4.69) is 32.7 Å². The first-order valence-electron chi connectivity index (χ1n) is 6.33. The molecule has 2 atom stereocenters. The summed E-state index contributed by atoms with van der Waals surface area (Å²) in [6.45, 7) is 8.58. The molecule has 2 rings (SSSR count). The number of fused-ring (bicyclic) bond motifs is 1. The molecule has 18 heavy (non-hydrogen) atoms. The van der Waals surface area contributed by atoms with Crippen LogP contribution in [0.2, 0.25) is 0 Å². The molecular formula is C13H21N3O2. The minimum atomic E-state index is -0.427. The zero-order valence-corrected chi connectivity index (χ0v) is 11.5. The molecule has 0 saturated heterocycles. The number of hydrogen-bond donors (Lipinski definition) is 1. The number of nitrogens with two attached hydrogens (primary N) is 1. The van der Waals surface area contributed by atoms with Crippen molar-refractivity contribution < 1.29 is 4.92 Å². The molecule has 100 valence electrons. The van der Waals surface area contributed by atoms with Gasteiger partial charge >= 0.3 is 5.70 Å². The minimum absolute atomic E-state index is 0.0202. The van der Waals surface area contributed by atoms with Gasteiger partial charge < -0.3 is 5.73 Å². The van der Waals surface area contributed by atoms with Crippen LogP contribution in [0, 0.1) is 20.9 Å². The van der Waals surface area contributed by atoms with Gasteiger partial charge in [0.25, 0.3) is 0 Å². The second-order valence-electron chi connectivity index (χ2n) is 6.72. The van der Waals surface area contributed by atoms with Gasteiger partial charge in [-0.1, -0.05) is 27.7 Å². The van der Waals surface area contributed by atoms with Crippen molar-refractivity contribution in [3.8, 4) is 0 Å². The topological polar surface area (TPSA) is 81.5 Å². The van der Waals surface area contributed by atoms with Gasteiger partial charge in [0.15, 0.2) is 5.84 Å². The summed E-state index contributed by atoms with van der Waals surface area (Å²) in [6.07, 6.45) is 4.31. The molecule has 0 aromatic carbocycles.